The van der Waals surface area contributed by atoms with Gasteiger partial charge in [-0.3, -0.25) is 4.79 Å². The predicted octanol–water partition coefficient (Wildman–Crippen LogP) is 7.94. The summed E-state index contributed by atoms with van der Waals surface area (Å²) in [5.74, 6) is 1.61. The molecule has 0 N–H and O–H groups in total. The summed E-state index contributed by atoms with van der Waals surface area (Å²) in [5, 5.41) is 0. The van der Waals surface area contributed by atoms with Crippen molar-refractivity contribution in [1.29, 1.82) is 0 Å². The Morgan fingerprint density at radius 2 is 0.684 bits per heavy atom. The van der Waals surface area contributed by atoms with E-state index in [2.05, 4.69) is 36.4 Å². The van der Waals surface area contributed by atoms with Gasteiger partial charge in [0.05, 0.1) is 14.2 Å². The fraction of sp³-hybridized carbons (Fsp3) is 0.0571. The van der Waals surface area contributed by atoms with E-state index in [4.69, 9.17) is 9.47 Å². The van der Waals surface area contributed by atoms with Gasteiger partial charge in [-0.1, -0.05) is 109 Å². The summed E-state index contributed by atoms with van der Waals surface area (Å²) in [7, 11) is 3.34. The van der Waals surface area contributed by atoms with Crippen LogP contribution in [0.2, 0.25) is 0 Å². The maximum absolute atomic E-state index is 13.1. The van der Waals surface area contributed by atoms with Crippen molar-refractivity contribution in [3.8, 4) is 11.5 Å². The molecule has 0 aliphatic rings. The van der Waals surface area contributed by atoms with Crippen molar-refractivity contribution >= 4 is 16.9 Å². The molecule has 0 aliphatic carbocycles. The molecule has 5 aromatic carbocycles. The summed E-state index contributed by atoms with van der Waals surface area (Å²) in [4.78, 5) is 13.1. The van der Waals surface area contributed by atoms with E-state index in [1.807, 2.05) is 97.1 Å². The van der Waals surface area contributed by atoms with Gasteiger partial charge in [0.25, 0.3) is 0 Å². The van der Waals surface area contributed by atoms with Crippen molar-refractivity contribution < 1.29 is 14.3 Å². The molecule has 0 saturated carbocycles. The quantitative estimate of drug-likeness (QED) is 0.162. The number of carbonyl (C=O) groups is 1. The van der Waals surface area contributed by atoms with Crippen LogP contribution in [0.3, 0.4) is 0 Å². The van der Waals surface area contributed by atoms with Crippen LogP contribution in [0.1, 0.15) is 38.2 Å². The third-order valence-corrected chi connectivity index (χ3v) is 6.54. The molecule has 38 heavy (non-hydrogen) atoms. The Hall–Kier alpha value is -4.89. The van der Waals surface area contributed by atoms with Crippen LogP contribution in [0, 0.1) is 0 Å². The molecule has 0 saturated heterocycles. The number of ketones is 1. The van der Waals surface area contributed by atoms with Crippen LogP contribution in [0.15, 0.2) is 133 Å². The number of benzene rings is 5. The van der Waals surface area contributed by atoms with Crippen LogP contribution in [0.4, 0.5) is 0 Å². The highest BCUT2D eigenvalue weighted by atomic mass is 16.5. The topological polar surface area (TPSA) is 35.5 Å². The third kappa shape index (κ3) is 5.28. The number of hydrogen-bond donors (Lipinski definition) is 0. The van der Waals surface area contributed by atoms with Crippen LogP contribution in [0.5, 0.6) is 11.5 Å². The van der Waals surface area contributed by atoms with E-state index in [1.54, 1.807) is 14.2 Å². The lowest BCUT2D eigenvalue weighted by molar-refractivity contribution is 0.103. The van der Waals surface area contributed by atoms with Gasteiger partial charge >= 0.3 is 0 Å². The molecule has 0 aromatic heterocycles. The summed E-state index contributed by atoms with van der Waals surface area (Å²) in [6.07, 6.45) is 0. The molecule has 0 unspecified atom stereocenters. The van der Waals surface area contributed by atoms with E-state index in [-0.39, 0.29) is 5.78 Å². The number of carbonyl (C=O) groups excluding carboxylic acids is 1. The van der Waals surface area contributed by atoms with Gasteiger partial charge in [0.2, 0.25) is 0 Å². The highest BCUT2D eigenvalue weighted by Crippen LogP contribution is 2.38. The molecule has 3 nitrogen and oxygen atoms in total. The lowest BCUT2D eigenvalue weighted by Crippen LogP contribution is -2.02. The van der Waals surface area contributed by atoms with Crippen molar-refractivity contribution in [3.63, 3.8) is 0 Å². The van der Waals surface area contributed by atoms with Crippen LogP contribution in [-0.2, 0) is 0 Å². The molecule has 0 spiro atoms. The first-order chi connectivity index (χ1) is 18.7. The average molecular weight is 497 g/mol. The predicted molar refractivity (Wildman–Crippen MR) is 154 cm³/mol. The van der Waals surface area contributed by atoms with E-state index in [9.17, 15) is 4.79 Å². The third-order valence-electron chi connectivity index (χ3n) is 6.54. The Balaban J connectivity index is 1.71. The monoisotopic (exact) mass is 496 g/mol. The minimum Gasteiger partial charge on any atom is -0.497 e. The zero-order chi connectivity index (χ0) is 26.3. The number of hydrogen-bond acceptors (Lipinski definition) is 3. The molecule has 0 amide bonds. The molecule has 186 valence electrons. The standard InChI is InChI=1S/C35H28O3/c1-37-31-21-17-27(18-22-31)34(28-19-23-32(38-2)24-20-28)33(25-9-5-3-6-10-25)26-13-15-30(16-14-26)35(36)29-11-7-4-8-12-29/h3-24H,1-2H3. The second-order valence-corrected chi connectivity index (χ2v) is 8.85. The maximum Gasteiger partial charge on any atom is 0.193 e. The van der Waals surface area contributed by atoms with Gasteiger partial charge in [-0.2, -0.15) is 0 Å². The van der Waals surface area contributed by atoms with Gasteiger partial charge in [0.1, 0.15) is 11.5 Å². The number of rotatable bonds is 8. The summed E-state index contributed by atoms with van der Waals surface area (Å²) in [6, 6.07) is 43.8. The van der Waals surface area contributed by atoms with E-state index in [0.717, 1.165) is 44.9 Å². The first kappa shape index (κ1) is 24.8. The van der Waals surface area contributed by atoms with Gasteiger partial charge in [-0.15, -0.1) is 0 Å². The fourth-order valence-corrected chi connectivity index (χ4v) is 4.58. The van der Waals surface area contributed by atoms with Crippen molar-refractivity contribution in [3.05, 3.63) is 167 Å². The van der Waals surface area contributed by atoms with E-state index >= 15 is 0 Å². The Bertz CT molecular complexity index is 1480. The van der Waals surface area contributed by atoms with E-state index < -0.39 is 0 Å². The lowest BCUT2D eigenvalue weighted by atomic mass is 9.85. The van der Waals surface area contributed by atoms with E-state index in [0.29, 0.717) is 11.1 Å². The number of ether oxygens (including phenoxy) is 2. The molecular formula is C35H28O3. The van der Waals surface area contributed by atoms with Crippen molar-refractivity contribution in [2.24, 2.45) is 0 Å². The fourth-order valence-electron chi connectivity index (χ4n) is 4.58. The maximum atomic E-state index is 13.1. The molecule has 0 radical (unpaired) electrons. The zero-order valence-electron chi connectivity index (χ0n) is 21.4. The lowest BCUT2D eigenvalue weighted by Gasteiger charge is -2.19. The highest BCUT2D eigenvalue weighted by Gasteiger charge is 2.17. The van der Waals surface area contributed by atoms with E-state index in [1.165, 1.54) is 0 Å². The minimum atomic E-state index is 0.00734. The average Bonchev–Trinajstić information content (AvgIpc) is 3.00. The minimum absolute atomic E-state index is 0.00734. The SMILES string of the molecule is COc1ccc(C(=C(c2ccccc2)c2ccc(C(=O)c3ccccc3)cc2)c2ccc(OC)cc2)cc1. The zero-order valence-corrected chi connectivity index (χ0v) is 21.4. The second-order valence-electron chi connectivity index (χ2n) is 8.85. The molecule has 5 rings (SSSR count). The summed E-state index contributed by atoms with van der Waals surface area (Å²) < 4.78 is 10.8. The van der Waals surface area contributed by atoms with Crippen LogP contribution >= 0.6 is 0 Å². The molecule has 3 heteroatoms. The van der Waals surface area contributed by atoms with Crippen molar-refractivity contribution in [2.45, 2.75) is 0 Å². The Kier molecular flexibility index (Phi) is 7.47. The van der Waals surface area contributed by atoms with Crippen LogP contribution in [-0.4, -0.2) is 20.0 Å². The molecule has 0 bridgehead atoms. The molecule has 0 aliphatic heterocycles. The van der Waals surface area contributed by atoms with Gasteiger partial charge in [-0.25, -0.2) is 0 Å². The molecule has 0 fully saturated rings. The Labute approximate surface area is 223 Å². The smallest absolute Gasteiger partial charge is 0.193 e. The Morgan fingerprint density at radius 3 is 1.08 bits per heavy atom. The van der Waals surface area contributed by atoms with Gasteiger partial charge in [0.15, 0.2) is 5.78 Å². The normalized spacial score (nSPS) is 10.5. The Morgan fingerprint density at radius 1 is 0.395 bits per heavy atom. The summed E-state index contributed by atoms with van der Waals surface area (Å²) >= 11 is 0. The van der Waals surface area contributed by atoms with Gasteiger partial charge in [0, 0.05) is 11.1 Å². The molecule has 5 aromatic rings. The second kappa shape index (κ2) is 11.4. The van der Waals surface area contributed by atoms with Crippen LogP contribution < -0.4 is 9.47 Å². The van der Waals surface area contributed by atoms with Crippen molar-refractivity contribution in [1.82, 2.24) is 0 Å². The first-order valence-electron chi connectivity index (χ1n) is 12.5. The summed E-state index contributed by atoms with van der Waals surface area (Å²) in [5.41, 5.74) is 7.68. The van der Waals surface area contributed by atoms with Gasteiger partial charge < -0.3 is 9.47 Å². The first-order valence-corrected chi connectivity index (χ1v) is 12.5. The van der Waals surface area contributed by atoms with Crippen LogP contribution in [0.25, 0.3) is 11.1 Å². The largest absolute Gasteiger partial charge is 0.497 e. The van der Waals surface area contributed by atoms with Gasteiger partial charge in [-0.05, 0) is 57.7 Å². The summed E-state index contributed by atoms with van der Waals surface area (Å²) in [6.45, 7) is 0. The highest BCUT2D eigenvalue weighted by molar-refractivity contribution is 6.10. The molecule has 0 atom stereocenters. The van der Waals surface area contributed by atoms with Crippen molar-refractivity contribution in [2.75, 3.05) is 14.2 Å². The molecule has 0 heterocycles. The molecular weight excluding hydrogens is 468 g/mol. The number of methoxy groups -OCH3 is 2.